The van der Waals surface area contributed by atoms with Gasteiger partial charge in [0.25, 0.3) is 5.91 Å². The Labute approximate surface area is 144 Å². The molecular weight excluding hydrogens is 329 g/mol. The first-order valence-corrected chi connectivity index (χ1v) is 8.48. The molecule has 0 aliphatic heterocycles. The smallest absolute Gasteiger partial charge is 0.340 e. The standard InChI is InChI=1S/C18H20FNO3S/c1-11-10-16(13(3)24-11)18(22)23-12(2)17(21)20-9-8-14-4-6-15(19)7-5-14/h4-7,10,12H,8-9H2,1-3H3,(H,20,21)/t12-/m1/s1. The van der Waals surface area contributed by atoms with Gasteiger partial charge in [-0.25, -0.2) is 9.18 Å². The molecule has 0 aliphatic carbocycles. The van der Waals surface area contributed by atoms with Crippen molar-refractivity contribution >= 4 is 23.2 Å². The molecule has 2 rings (SSSR count). The van der Waals surface area contributed by atoms with Crippen molar-refractivity contribution in [2.24, 2.45) is 0 Å². The lowest BCUT2D eigenvalue weighted by molar-refractivity contribution is -0.129. The first-order chi connectivity index (χ1) is 11.4. The molecule has 0 unspecified atom stereocenters. The number of carbonyl (C=O) groups is 2. The molecule has 1 aromatic carbocycles. The van der Waals surface area contributed by atoms with Crippen LogP contribution in [0.1, 0.15) is 32.6 Å². The summed E-state index contributed by atoms with van der Waals surface area (Å²) in [5, 5.41) is 2.71. The monoisotopic (exact) mass is 349 g/mol. The van der Waals surface area contributed by atoms with E-state index in [1.165, 1.54) is 23.5 Å². The van der Waals surface area contributed by atoms with E-state index in [1.54, 1.807) is 25.1 Å². The second-order valence-corrected chi connectivity index (χ2v) is 7.00. The summed E-state index contributed by atoms with van der Waals surface area (Å²) in [7, 11) is 0. The van der Waals surface area contributed by atoms with Crippen LogP contribution in [0.2, 0.25) is 0 Å². The summed E-state index contributed by atoms with van der Waals surface area (Å²) in [5.74, 6) is -1.13. The van der Waals surface area contributed by atoms with Gasteiger partial charge >= 0.3 is 5.97 Å². The molecule has 0 aliphatic rings. The van der Waals surface area contributed by atoms with Gasteiger partial charge in [-0.15, -0.1) is 11.3 Å². The summed E-state index contributed by atoms with van der Waals surface area (Å²) in [5.41, 5.74) is 1.43. The highest BCUT2D eigenvalue weighted by Crippen LogP contribution is 2.21. The maximum Gasteiger partial charge on any atom is 0.340 e. The highest BCUT2D eigenvalue weighted by atomic mass is 32.1. The Morgan fingerprint density at radius 2 is 1.92 bits per heavy atom. The number of rotatable bonds is 6. The Kier molecular flexibility index (Phi) is 6.09. The number of carbonyl (C=O) groups excluding carboxylic acids is 2. The topological polar surface area (TPSA) is 55.4 Å². The Morgan fingerprint density at radius 1 is 1.25 bits per heavy atom. The van der Waals surface area contributed by atoms with Crippen LogP contribution in [0, 0.1) is 19.7 Å². The van der Waals surface area contributed by atoms with Crippen molar-refractivity contribution < 1.29 is 18.7 Å². The Bertz CT molecular complexity index is 724. The number of ether oxygens (including phenoxy) is 1. The number of nitrogens with one attached hydrogen (secondary N) is 1. The van der Waals surface area contributed by atoms with Gasteiger partial charge in [-0.1, -0.05) is 12.1 Å². The molecule has 0 bridgehead atoms. The highest BCUT2D eigenvalue weighted by Gasteiger charge is 2.20. The van der Waals surface area contributed by atoms with Crippen LogP contribution in [0.5, 0.6) is 0 Å². The van der Waals surface area contributed by atoms with E-state index in [2.05, 4.69) is 5.32 Å². The average molecular weight is 349 g/mol. The van der Waals surface area contributed by atoms with Crippen molar-refractivity contribution in [1.29, 1.82) is 0 Å². The first kappa shape index (κ1) is 18.1. The molecule has 2 aromatic rings. The van der Waals surface area contributed by atoms with Crippen LogP contribution in [-0.4, -0.2) is 24.5 Å². The van der Waals surface area contributed by atoms with E-state index in [1.807, 2.05) is 13.8 Å². The molecule has 1 amide bonds. The number of amides is 1. The maximum atomic E-state index is 12.8. The summed E-state index contributed by atoms with van der Waals surface area (Å²) < 4.78 is 18.0. The van der Waals surface area contributed by atoms with Crippen molar-refractivity contribution in [3.05, 3.63) is 57.0 Å². The SMILES string of the molecule is Cc1cc(C(=O)O[C@H](C)C(=O)NCCc2ccc(F)cc2)c(C)s1. The van der Waals surface area contributed by atoms with Crippen molar-refractivity contribution in [3.8, 4) is 0 Å². The molecule has 0 radical (unpaired) electrons. The number of benzene rings is 1. The molecule has 4 nitrogen and oxygen atoms in total. The quantitative estimate of drug-likeness (QED) is 0.813. The predicted octanol–water partition coefficient (Wildman–Crippen LogP) is 3.41. The number of halogens is 1. The molecule has 1 N–H and O–H groups in total. The van der Waals surface area contributed by atoms with Gasteiger partial charge in [0.15, 0.2) is 6.10 Å². The molecule has 0 spiro atoms. The molecule has 1 heterocycles. The van der Waals surface area contributed by atoms with Crippen LogP contribution >= 0.6 is 11.3 Å². The molecule has 0 saturated heterocycles. The molecular formula is C18H20FNO3S. The number of thiophene rings is 1. The van der Waals surface area contributed by atoms with E-state index in [4.69, 9.17) is 4.74 Å². The highest BCUT2D eigenvalue weighted by molar-refractivity contribution is 7.12. The average Bonchev–Trinajstić information content (AvgIpc) is 2.87. The summed E-state index contributed by atoms with van der Waals surface area (Å²) in [6, 6.07) is 7.88. The van der Waals surface area contributed by atoms with Crippen LogP contribution in [0.4, 0.5) is 4.39 Å². The third-order valence-corrected chi connectivity index (χ3v) is 4.51. The molecule has 6 heteroatoms. The third-order valence-electron chi connectivity index (χ3n) is 3.54. The normalized spacial score (nSPS) is 11.8. The van der Waals surface area contributed by atoms with Crippen molar-refractivity contribution in [2.75, 3.05) is 6.54 Å². The van der Waals surface area contributed by atoms with Gasteiger partial charge in [-0.2, -0.15) is 0 Å². The predicted molar refractivity (Wildman–Crippen MR) is 91.8 cm³/mol. The van der Waals surface area contributed by atoms with Gasteiger partial charge in [0.2, 0.25) is 0 Å². The van der Waals surface area contributed by atoms with E-state index in [0.717, 1.165) is 15.3 Å². The molecule has 128 valence electrons. The molecule has 24 heavy (non-hydrogen) atoms. The van der Waals surface area contributed by atoms with Gasteiger partial charge in [0.05, 0.1) is 5.56 Å². The summed E-state index contributed by atoms with van der Waals surface area (Å²) in [6.07, 6.45) is -0.291. The van der Waals surface area contributed by atoms with Crippen LogP contribution in [0.25, 0.3) is 0 Å². The molecule has 0 fully saturated rings. The fourth-order valence-electron chi connectivity index (χ4n) is 2.24. The maximum absolute atomic E-state index is 12.8. The number of aryl methyl sites for hydroxylation is 2. The van der Waals surface area contributed by atoms with Crippen molar-refractivity contribution in [2.45, 2.75) is 33.3 Å². The van der Waals surface area contributed by atoms with E-state index < -0.39 is 12.1 Å². The summed E-state index contributed by atoms with van der Waals surface area (Å²) >= 11 is 1.52. The van der Waals surface area contributed by atoms with Crippen LogP contribution in [0.3, 0.4) is 0 Å². The lowest BCUT2D eigenvalue weighted by Crippen LogP contribution is -2.36. The summed E-state index contributed by atoms with van der Waals surface area (Å²) in [6.45, 7) is 5.70. The van der Waals surface area contributed by atoms with E-state index in [9.17, 15) is 14.0 Å². The van der Waals surface area contributed by atoms with E-state index >= 15 is 0 Å². The minimum Gasteiger partial charge on any atom is -0.449 e. The molecule has 0 saturated carbocycles. The number of esters is 1. The Morgan fingerprint density at radius 3 is 2.50 bits per heavy atom. The van der Waals surface area contributed by atoms with E-state index in [0.29, 0.717) is 18.5 Å². The Hall–Kier alpha value is -2.21. The van der Waals surface area contributed by atoms with Crippen LogP contribution in [-0.2, 0) is 16.0 Å². The van der Waals surface area contributed by atoms with Gasteiger partial charge in [-0.05, 0) is 51.0 Å². The number of hydrogen-bond acceptors (Lipinski definition) is 4. The second kappa shape index (κ2) is 8.06. The van der Waals surface area contributed by atoms with Gasteiger partial charge in [0.1, 0.15) is 5.82 Å². The lowest BCUT2D eigenvalue weighted by Gasteiger charge is -2.13. The van der Waals surface area contributed by atoms with E-state index in [-0.39, 0.29) is 11.7 Å². The van der Waals surface area contributed by atoms with Crippen molar-refractivity contribution in [3.63, 3.8) is 0 Å². The largest absolute Gasteiger partial charge is 0.449 e. The fraction of sp³-hybridized carbons (Fsp3) is 0.333. The minimum absolute atomic E-state index is 0.290. The van der Waals surface area contributed by atoms with Gasteiger partial charge in [0, 0.05) is 16.3 Å². The number of hydrogen-bond donors (Lipinski definition) is 1. The van der Waals surface area contributed by atoms with Crippen LogP contribution < -0.4 is 5.32 Å². The lowest BCUT2D eigenvalue weighted by atomic mass is 10.1. The third kappa shape index (κ3) is 4.89. The second-order valence-electron chi connectivity index (χ2n) is 5.54. The zero-order chi connectivity index (χ0) is 17.7. The fourth-order valence-corrected chi connectivity index (χ4v) is 3.15. The van der Waals surface area contributed by atoms with Gasteiger partial charge in [-0.3, -0.25) is 4.79 Å². The summed E-state index contributed by atoms with van der Waals surface area (Å²) in [4.78, 5) is 26.0. The first-order valence-electron chi connectivity index (χ1n) is 7.67. The molecule has 1 aromatic heterocycles. The van der Waals surface area contributed by atoms with Crippen molar-refractivity contribution in [1.82, 2.24) is 5.32 Å². The zero-order valence-corrected chi connectivity index (χ0v) is 14.7. The minimum atomic E-state index is -0.870. The Balaban J connectivity index is 1.80. The van der Waals surface area contributed by atoms with Crippen LogP contribution in [0.15, 0.2) is 30.3 Å². The zero-order valence-electron chi connectivity index (χ0n) is 13.9. The van der Waals surface area contributed by atoms with Gasteiger partial charge < -0.3 is 10.1 Å². The molecule has 1 atom stereocenters.